The zero-order chi connectivity index (χ0) is 15.5. The number of urea groups is 1. The van der Waals surface area contributed by atoms with Crippen LogP contribution in [-0.2, 0) is 16.1 Å². The number of carbonyl (C=O) groups excluding carboxylic acids is 2. The number of hydrogen-bond donors (Lipinski definition) is 3. The molecule has 0 aliphatic carbocycles. The number of carbonyl (C=O) groups is 3. The minimum absolute atomic E-state index is 0.0346. The van der Waals surface area contributed by atoms with Crippen molar-refractivity contribution < 1.29 is 19.5 Å². The van der Waals surface area contributed by atoms with Gasteiger partial charge in [0.1, 0.15) is 0 Å². The molecule has 0 saturated heterocycles. The minimum Gasteiger partial charge on any atom is -0.481 e. The number of imide groups is 1. The van der Waals surface area contributed by atoms with E-state index in [1.165, 1.54) is 0 Å². The molecule has 21 heavy (non-hydrogen) atoms. The van der Waals surface area contributed by atoms with Crippen LogP contribution in [0.1, 0.15) is 32.1 Å². The average molecular weight is 296 g/mol. The second kappa shape index (κ2) is 9.51. The summed E-state index contributed by atoms with van der Waals surface area (Å²) in [4.78, 5) is 33.1. The lowest BCUT2D eigenvalue weighted by atomic mass is 10.2. The van der Waals surface area contributed by atoms with Crippen LogP contribution >= 0.6 is 0 Å². The summed E-state index contributed by atoms with van der Waals surface area (Å²) in [5.74, 6) is -1.28. The van der Waals surface area contributed by atoms with E-state index in [0.717, 1.165) is 0 Å². The summed E-state index contributed by atoms with van der Waals surface area (Å²) < 4.78 is 1.76. The topological polar surface area (TPSA) is 113 Å². The van der Waals surface area contributed by atoms with E-state index < -0.39 is 17.9 Å². The number of aliphatic carboxylic acids is 1. The van der Waals surface area contributed by atoms with Crippen molar-refractivity contribution in [2.75, 3.05) is 6.54 Å². The van der Waals surface area contributed by atoms with Crippen LogP contribution in [0.25, 0.3) is 0 Å². The second-order valence-electron chi connectivity index (χ2n) is 4.53. The molecule has 8 heteroatoms. The van der Waals surface area contributed by atoms with E-state index >= 15 is 0 Å². The van der Waals surface area contributed by atoms with E-state index in [4.69, 9.17) is 5.11 Å². The Bertz CT molecular complexity index is 459. The SMILES string of the molecule is O=C(O)CCCCC(=O)NC(=O)NCCCn1cccn1. The van der Waals surface area contributed by atoms with Gasteiger partial charge in [-0.2, -0.15) is 5.10 Å². The predicted octanol–water partition coefficient (Wildman–Crippen LogP) is 0.744. The molecule has 1 aromatic heterocycles. The highest BCUT2D eigenvalue weighted by atomic mass is 16.4. The molecule has 0 spiro atoms. The summed E-state index contributed by atoms with van der Waals surface area (Å²) in [6.45, 7) is 1.13. The summed E-state index contributed by atoms with van der Waals surface area (Å²) in [6, 6.07) is 1.29. The number of carboxylic acids is 1. The van der Waals surface area contributed by atoms with Crippen molar-refractivity contribution in [3.8, 4) is 0 Å². The van der Waals surface area contributed by atoms with Crippen LogP contribution < -0.4 is 10.6 Å². The Labute approximate surface area is 122 Å². The van der Waals surface area contributed by atoms with Crippen LogP contribution in [0.15, 0.2) is 18.5 Å². The van der Waals surface area contributed by atoms with Gasteiger partial charge in [-0.15, -0.1) is 0 Å². The largest absolute Gasteiger partial charge is 0.481 e. The summed E-state index contributed by atoms with van der Waals surface area (Å²) in [7, 11) is 0. The van der Waals surface area contributed by atoms with Crippen LogP contribution in [0, 0.1) is 0 Å². The third-order valence-corrected chi connectivity index (χ3v) is 2.71. The first kappa shape index (κ1) is 16.7. The first-order valence-corrected chi connectivity index (χ1v) is 6.85. The van der Waals surface area contributed by atoms with Gasteiger partial charge < -0.3 is 10.4 Å². The molecular formula is C13H20N4O4. The molecule has 1 aromatic rings. The summed E-state index contributed by atoms with van der Waals surface area (Å²) in [5, 5.41) is 17.3. The number of hydrogen-bond acceptors (Lipinski definition) is 4. The molecular weight excluding hydrogens is 276 g/mol. The zero-order valence-corrected chi connectivity index (χ0v) is 11.7. The van der Waals surface area contributed by atoms with Gasteiger partial charge in [-0.25, -0.2) is 4.79 Å². The molecule has 116 valence electrons. The number of aromatic nitrogens is 2. The van der Waals surface area contributed by atoms with E-state index in [-0.39, 0.29) is 12.8 Å². The zero-order valence-electron chi connectivity index (χ0n) is 11.7. The van der Waals surface area contributed by atoms with Gasteiger partial charge >= 0.3 is 12.0 Å². The number of aryl methyl sites for hydroxylation is 1. The van der Waals surface area contributed by atoms with E-state index in [9.17, 15) is 14.4 Å². The van der Waals surface area contributed by atoms with Crippen molar-refractivity contribution in [3.05, 3.63) is 18.5 Å². The lowest BCUT2D eigenvalue weighted by Gasteiger charge is -2.06. The van der Waals surface area contributed by atoms with Crippen LogP contribution in [0.4, 0.5) is 4.79 Å². The molecule has 0 aliphatic heterocycles. The Kier molecular flexibility index (Phi) is 7.55. The monoisotopic (exact) mass is 296 g/mol. The lowest BCUT2D eigenvalue weighted by molar-refractivity contribution is -0.137. The molecule has 1 heterocycles. The Hall–Kier alpha value is -2.38. The van der Waals surface area contributed by atoms with Crippen molar-refractivity contribution in [2.45, 2.75) is 38.6 Å². The van der Waals surface area contributed by atoms with Crippen LogP contribution in [0.5, 0.6) is 0 Å². The molecule has 8 nitrogen and oxygen atoms in total. The summed E-state index contributed by atoms with van der Waals surface area (Å²) in [6.07, 6.45) is 5.28. The second-order valence-corrected chi connectivity index (χ2v) is 4.53. The maximum absolute atomic E-state index is 11.4. The van der Waals surface area contributed by atoms with Crippen molar-refractivity contribution in [1.82, 2.24) is 20.4 Å². The minimum atomic E-state index is -0.884. The van der Waals surface area contributed by atoms with Gasteiger partial charge in [0.15, 0.2) is 0 Å². The Morgan fingerprint density at radius 1 is 1.14 bits per heavy atom. The number of nitrogens with zero attached hydrogens (tertiary/aromatic N) is 2. The number of rotatable bonds is 9. The molecule has 0 saturated carbocycles. The summed E-state index contributed by atoms with van der Waals surface area (Å²) in [5.41, 5.74) is 0. The highest BCUT2D eigenvalue weighted by Gasteiger charge is 2.07. The number of nitrogens with one attached hydrogen (secondary N) is 2. The molecule has 0 unspecified atom stereocenters. The Morgan fingerprint density at radius 3 is 2.57 bits per heavy atom. The normalized spacial score (nSPS) is 10.1. The molecule has 0 atom stereocenters. The van der Waals surface area contributed by atoms with E-state index in [1.807, 2.05) is 12.3 Å². The van der Waals surface area contributed by atoms with Gasteiger partial charge in [-0.3, -0.25) is 19.6 Å². The Balaban J connectivity index is 2.01. The van der Waals surface area contributed by atoms with Gasteiger partial charge in [0.2, 0.25) is 5.91 Å². The molecule has 1 rings (SSSR count). The highest BCUT2D eigenvalue weighted by Crippen LogP contribution is 1.99. The molecule has 0 radical (unpaired) electrons. The quantitative estimate of drug-likeness (QED) is 0.582. The highest BCUT2D eigenvalue weighted by molar-refractivity contribution is 5.94. The van der Waals surface area contributed by atoms with Crippen molar-refractivity contribution in [3.63, 3.8) is 0 Å². The fourth-order valence-electron chi connectivity index (χ4n) is 1.67. The van der Waals surface area contributed by atoms with E-state index in [0.29, 0.717) is 32.4 Å². The van der Waals surface area contributed by atoms with Gasteiger partial charge in [0.25, 0.3) is 0 Å². The first-order chi connectivity index (χ1) is 10.1. The molecule has 3 amide bonds. The van der Waals surface area contributed by atoms with Gasteiger partial charge in [0.05, 0.1) is 0 Å². The van der Waals surface area contributed by atoms with Crippen LogP contribution in [-0.4, -0.2) is 39.3 Å². The maximum Gasteiger partial charge on any atom is 0.321 e. The van der Waals surface area contributed by atoms with E-state index in [2.05, 4.69) is 15.7 Å². The molecule has 0 aromatic carbocycles. The smallest absolute Gasteiger partial charge is 0.321 e. The number of amides is 3. The Morgan fingerprint density at radius 2 is 1.90 bits per heavy atom. The standard InChI is InChI=1S/C13H20N4O4/c18-11(5-1-2-6-12(19)20)16-13(21)14-7-3-9-17-10-4-8-15-17/h4,8,10H,1-3,5-7,9H2,(H,19,20)(H2,14,16,18,21). The fraction of sp³-hybridized carbons (Fsp3) is 0.538. The summed E-state index contributed by atoms with van der Waals surface area (Å²) >= 11 is 0. The number of carboxylic acid groups (broad SMARTS) is 1. The van der Waals surface area contributed by atoms with Crippen molar-refractivity contribution in [1.29, 1.82) is 0 Å². The third kappa shape index (κ3) is 8.40. The van der Waals surface area contributed by atoms with Crippen LogP contribution in [0.2, 0.25) is 0 Å². The molecule has 0 bridgehead atoms. The van der Waals surface area contributed by atoms with Crippen molar-refractivity contribution >= 4 is 17.9 Å². The fourth-order valence-corrected chi connectivity index (χ4v) is 1.67. The third-order valence-electron chi connectivity index (χ3n) is 2.71. The van der Waals surface area contributed by atoms with Gasteiger partial charge in [-0.1, -0.05) is 0 Å². The van der Waals surface area contributed by atoms with Gasteiger partial charge in [0, 0.05) is 38.3 Å². The molecule has 3 N–H and O–H groups in total. The van der Waals surface area contributed by atoms with Crippen LogP contribution in [0.3, 0.4) is 0 Å². The molecule has 0 fully saturated rings. The lowest BCUT2D eigenvalue weighted by Crippen LogP contribution is -2.39. The van der Waals surface area contributed by atoms with Gasteiger partial charge in [-0.05, 0) is 25.3 Å². The molecule has 0 aliphatic rings. The van der Waals surface area contributed by atoms with E-state index in [1.54, 1.807) is 10.9 Å². The maximum atomic E-state index is 11.4. The first-order valence-electron chi connectivity index (χ1n) is 6.85. The predicted molar refractivity (Wildman–Crippen MR) is 74.5 cm³/mol. The van der Waals surface area contributed by atoms with Crippen molar-refractivity contribution in [2.24, 2.45) is 0 Å². The average Bonchev–Trinajstić information content (AvgIpc) is 2.93. The number of unbranched alkanes of at least 4 members (excludes halogenated alkanes) is 1.